The summed E-state index contributed by atoms with van der Waals surface area (Å²) >= 11 is 1.28. The zero-order chi connectivity index (χ0) is 23.1. The highest BCUT2D eigenvalue weighted by molar-refractivity contribution is 7.16. The second-order valence-corrected chi connectivity index (χ2v) is 7.55. The molecule has 0 unspecified atom stereocenters. The van der Waals surface area contributed by atoms with Crippen molar-refractivity contribution in [3.05, 3.63) is 74.6 Å². The molecule has 0 fully saturated rings. The number of benzene rings is 2. The molecular formula is C22H21N3O6S. The van der Waals surface area contributed by atoms with Crippen molar-refractivity contribution >= 4 is 45.2 Å². The average molecular weight is 455 g/mol. The van der Waals surface area contributed by atoms with Gasteiger partial charge < -0.3 is 14.0 Å². The zero-order valence-electron chi connectivity index (χ0n) is 17.5. The monoisotopic (exact) mass is 455 g/mol. The fourth-order valence-corrected chi connectivity index (χ4v) is 4.03. The third-order valence-corrected chi connectivity index (χ3v) is 5.54. The van der Waals surface area contributed by atoms with Gasteiger partial charge in [0, 0.05) is 31.4 Å². The quantitative estimate of drug-likeness (QED) is 0.169. The van der Waals surface area contributed by atoms with Crippen molar-refractivity contribution in [1.29, 1.82) is 0 Å². The number of nitro groups is 1. The summed E-state index contributed by atoms with van der Waals surface area (Å²) in [5, 5.41) is 10.7. The molecule has 0 aliphatic rings. The van der Waals surface area contributed by atoms with E-state index >= 15 is 0 Å². The van der Waals surface area contributed by atoms with E-state index in [0.29, 0.717) is 35.7 Å². The molecule has 2 aromatic carbocycles. The van der Waals surface area contributed by atoms with Crippen molar-refractivity contribution in [2.45, 2.75) is 13.5 Å². The minimum absolute atomic E-state index is 0.0231. The van der Waals surface area contributed by atoms with Crippen LogP contribution in [0.5, 0.6) is 0 Å². The van der Waals surface area contributed by atoms with Gasteiger partial charge in [-0.15, -0.1) is 0 Å². The number of ether oxygens (including phenoxy) is 2. The lowest BCUT2D eigenvalue weighted by molar-refractivity contribution is -0.384. The molecule has 0 aliphatic carbocycles. The topological polar surface area (TPSA) is 113 Å². The molecule has 0 atom stereocenters. The van der Waals surface area contributed by atoms with E-state index in [-0.39, 0.29) is 5.69 Å². The zero-order valence-corrected chi connectivity index (χ0v) is 18.3. The summed E-state index contributed by atoms with van der Waals surface area (Å²) in [5.41, 5.74) is 1.86. The SMILES string of the molecule is CCOCCn1c(=NC(=O)/C=C\c2ccc([N+](=O)[O-])cc2)sc2cc(C(=O)OC)ccc21. The van der Waals surface area contributed by atoms with E-state index in [0.717, 1.165) is 10.2 Å². The van der Waals surface area contributed by atoms with Crippen molar-refractivity contribution in [2.24, 2.45) is 4.99 Å². The Labute approximate surface area is 187 Å². The number of aromatic nitrogens is 1. The molecule has 0 spiro atoms. The van der Waals surface area contributed by atoms with E-state index in [1.54, 1.807) is 36.4 Å². The number of hydrogen-bond donors (Lipinski definition) is 0. The molecule has 10 heteroatoms. The lowest BCUT2D eigenvalue weighted by Crippen LogP contribution is -2.19. The van der Waals surface area contributed by atoms with Gasteiger partial charge in [-0.1, -0.05) is 11.3 Å². The third kappa shape index (κ3) is 5.54. The molecule has 3 aromatic rings. The highest BCUT2D eigenvalue weighted by Crippen LogP contribution is 2.20. The largest absolute Gasteiger partial charge is 0.465 e. The van der Waals surface area contributed by atoms with Crippen LogP contribution in [0.1, 0.15) is 22.8 Å². The molecule has 0 saturated heterocycles. The minimum atomic E-state index is -0.484. The number of fused-ring (bicyclic) bond motifs is 1. The molecule has 1 heterocycles. The van der Waals surface area contributed by atoms with Gasteiger partial charge in [0.05, 0.1) is 34.4 Å². The molecule has 1 amide bonds. The van der Waals surface area contributed by atoms with Crippen LogP contribution in [0.3, 0.4) is 0 Å². The maximum absolute atomic E-state index is 12.5. The van der Waals surface area contributed by atoms with Gasteiger partial charge >= 0.3 is 5.97 Å². The Hall–Kier alpha value is -3.63. The lowest BCUT2D eigenvalue weighted by Gasteiger charge is -2.05. The van der Waals surface area contributed by atoms with Gasteiger partial charge in [0.2, 0.25) is 0 Å². The third-order valence-electron chi connectivity index (χ3n) is 4.50. The fraction of sp³-hybridized carbons (Fsp3) is 0.227. The van der Waals surface area contributed by atoms with Crippen LogP contribution >= 0.6 is 11.3 Å². The van der Waals surface area contributed by atoms with Crippen molar-refractivity contribution in [1.82, 2.24) is 4.57 Å². The standard InChI is InChI=1S/C22H21N3O6S/c1-3-31-13-12-24-18-10-7-16(21(27)30-2)14-19(18)32-22(24)23-20(26)11-6-15-4-8-17(9-5-15)25(28)29/h4-11,14H,3,12-13H2,1-2H3/b11-6-,23-22?. The number of amides is 1. The smallest absolute Gasteiger partial charge is 0.337 e. The van der Waals surface area contributed by atoms with Crippen LogP contribution in [0.25, 0.3) is 16.3 Å². The van der Waals surface area contributed by atoms with Gasteiger partial charge in [0.1, 0.15) is 0 Å². The number of methoxy groups -OCH3 is 1. The van der Waals surface area contributed by atoms with Gasteiger partial charge in [-0.2, -0.15) is 4.99 Å². The Morgan fingerprint density at radius 3 is 2.62 bits per heavy atom. The van der Waals surface area contributed by atoms with Crippen LogP contribution in [0.15, 0.2) is 53.5 Å². The Bertz CT molecular complexity index is 1240. The van der Waals surface area contributed by atoms with Gasteiger partial charge in [-0.3, -0.25) is 14.9 Å². The highest BCUT2D eigenvalue weighted by atomic mass is 32.1. The van der Waals surface area contributed by atoms with Crippen LogP contribution < -0.4 is 4.80 Å². The molecule has 0 N–H and O–H groups in total. The predicted octanol–water partition coefficient (Wildman–Crippen LogP) is 3.57. The molecule has 3 rings (SSSR count). The van der Waals surface area contributed by atoms with E-state index < -0.39 is 16.8 Å². The summed E-state index contributed by atoms with van der Waals surface area (Å²) in [5.74, 6) is -0.921. The molecule has 0 saturated carbocycles. The first kappa shape index (κ1) is 23.0. The van der Waals surface area contributed by atoms with Crippen molar-refractivity contribution in [3.63, 3.8) is 0 Å². The van der Waals surface area contributed by atoms with E-state index in [1.165, 1.54) is 36.7 Å². The second kappa shape index (κ2) is 10.6. The van der Waals surface area contributed by atoms with E-state index in [2.05, 4.69) is 4.99 Å². The van der Waals surface area contributed by atoms with Crippen molar-refractivity contribution < 1.29 is 24.0 Å². The van der Waals surface area contributed by atoms with Gasteiger partial charge in [0.15, 0.2) is 4.80 Å². The maximum Gasteiger partial charge on any atom is 0.337 e. The second-order valence-electron chi connectivity index (χ2n) is 6.54. The van der Waals surface area contributed by atoms with Gasteiger partial charge in [-0.25, -0.2) is 4.79 Å². The Balaban J connectivity index is 1.93. The number of carbonyl (C=O) groups excluding carboxylic acids is 2. The van der Waals surface area contributed by atoms with Crippen LogP contribution in [0, 0.1) is 10.1 Å². The maximum atomic E-state index is 12.5. The molecule has 1 aromatic heterocycles. The van der Waals surface area contributed by atoms with Crippen molar-refractivity contribution in [3.8, 4) is 0 Å². The first-order valence-electron chi connectivity index (χ1n) is 9.73. The van der Waals surface area contributed by atoms with Gasteiger partial charge in [-0.05, 0) is 48.9 Å². The van der Waals surface area contributed by atoms with Gasteiger partial charge in [0.25, 0.3) is 11.6 Å². The molecule has 32 heavy (non-hydrogen) atoms. The molecule has 166 valence electrons. The minimum Gasteiger partial charge on any atom is -0.465 e. The summed E-state index contributed by atoms with van der Waals surface area (Å²) in [6.07, 6.45) is 2.85. The van der Waals surface area contributed by atoms with Crippen LogP contribution in [-0.2, 0) is 20.8 Å². The van der Waals surface area contributed by atoms with E-state index in [9.17, 15) is 19.7 Å². The number of nitrogens with zero attached hydrogens (tertiary/aromatic N) is 3. The van der Waals surface area contributed by atoms with Crippen molar-refractivity contribution in [2.75, 3.05) is 20.3 Å². The lowest BCUT2D eigenvalue weighted by atomic mass is 10.2. The molecule has 0 radical (unpaired) electrons. The molecular weight excluding hydrogens is 434 g/mol. The number of esters is 1. The predicted molar refractivity (Wildman–Crippen MR) is 120 cm³/mol. The van der Waals surface area contributed by atoms with Crippen LogP contribution in [0.4, 0.5) is 5.69 Å². The number of nitro benzene ring substituents is 1. The Morgan fingerprint density at radius 1 is 1.22 bits per heavy atom. The normalized spacial score (nSPS) is 11.9. The molecule has 9 nitrogen and oxygen atoms in total. The Kier molecular flexibility index (Phi) is 7.63. The fourth-order valence-electron chi connectivity index (χ4n) is 2.93. The number of thiazole rings is 1. The Morgan fingerprint density at radius 2 is 1.97 bits per heavy atom. The summed E-state index contributed by atoms with van der Waals surface area (Å²) in [7, 11) is 1.32. The van der Waals surface area contributed by atoms with Crippen LogP contribution in [0.2, 0.25) is 0 Å². The van der Waals surface area contributed by atoms with Crippen LogP contribution in [-0.4, -0.2) is 41.7 Å². The first-order chi connectivity index (χ1) is 15.4. The number of non-ortho nitro benzene ring substituents is 1. The highest BCUT2D eigenvalue weighted by Gasteiger charge is 2.12. The molecule has 0 aliphatic heterocycles. The van der Waals surface area contributed by atoms with E-state index in [1.807, 2.05) is 11.5 Å². The molecule has 0 bridgehead atoms. The summed E-state index contributed by atoms with van der Waals surface area (Å²) in [6.45, 7) is 3.40. The van der Waals surface area contributed by atoms with E-state index in [4.69, 9.17) is 9.47 Å². The summed E-state index contributed by atoms with van der Waals surface area (Å²) in [4.78, 5) is 39.2. The average Bonchev–Trinajstić information content (AvgIpc) is 3.13. The number of carbonyl (C=O) groups is 2. The summed E-state index contributed by atoms with van der Waals surface area (Å²) < 4.78 is 12.9. The number of rotatable bonds is 8. The number of hydrogen-bond acceptors (Lipinski definition) is 7. The first-order valence-corrected chi connectivity index (χ1v) is 10.5. The summed E-state index contributed by atoms with van der Waals surface area (Å²) in [6, 6.07) is 11.0.